The largest absolute Gasteiger partial charge is 0.0496 e. The van der Waals surface area contributed by atoms with E-state index in [2.05, 4.69) is 110 Å². The molecule has 3 rings (SSSR count). The second kappa shape index (κ2) is 5.41. The van der Waals surface area contributed by atoms with Gasteiger partial charge in [-0.15, -0.1) is 0 Å². The van der Waals surface area contributed by atoms with E-state index >= 15 is 0 Å². The SMILES string of the molecule is Brc1cc2cc3cc(Br)c(Br)cc3c(Br)c2cc1Br. The average molecular weight is 573 g/mol. The first-order valence-electron chi connectivity index (χ1n) is 5.33. The van der Waals surface area contributed by atoms with Crippen molar-refractivity contribution < 1.29 is 0 Å². The second-order valence-electron chi connectivity index (χ2n) is 4.17. The molecule has 3 aromatic rings. The Morgan fingerprint density at radius 3 is 1.26 bits per heavy atom. The van der Waals surface area contributed by atoms with E-state index < -0.39 is 0 Å². The Balaban J connectivity index is 2.52. The van der Waals surface area contributed by atoms with Crippen LogP contribution in [-0.4, -0.2) is 0 Å². The number of hydrogen-bond donors (Lipinski definition) is 0. The zero-order valence-electron chi connectivity index (χ0n) is 9.28. The van der Waals surface area contributed by atoms with Gasteiger partial charge < -0.3 is 0 Å². The molecule has 0 fully saturated rings. The monoisotopic (exact) mass is 568 g/mol. The molecule has 0 saturated heterocycles. The Kier molecular flexibility index (Phi) is 4.13. The van der Waals surface area contributed by atoms with E-state index in [1.807, 2.05) is 0 Å². The first-order valence-corrected chi connectivity index (χ1v) is 9.30. The van der Waals surface area contributed by atoms with Crippen LogP contribution in [0.3, 0.4) is 0 Å². The molecule has 0 aliphatic carbocycles. The van der Waals surface area contributed by atoms with E-state index in [1.54, 1.807) is 0 Å². The first kappa shape index (κ1) is 14.5. The topological polar surface area (TPSA) is 0 Å². The van der Waals surface area contributed by atoms with E-state index in [-0.39, 0.29) is 0 Å². The summed E-state index contributed by atoms with van der Waals surface area (Å²) in [6.07, 6.45) is 0. The molecular weight excluding hydrogens is 568 g/mol. The van der Waals surface area contributed by atoms with Crippen molar-refractivity contribution in [2.75, 3.05) is 0 Å². The second-order valence-corrected chi connectivity index (χ2v) is 8.38. The summed E-state index contributed by atoms with van der Waals surface area (Å²) in [6, 6.07) is 10.7. The summed E-state index contributed by atoms with van der Waals surface area (Å²) in [5.41, 5.74) is 0. The molecule has 0 saturated carbocycles. The summed E-state index contributed by atoms with van der Waals surface area (Å²) < 4.78 is 5.33. The Labute approximate surface area is 152 Å². The van der Waals surface area contributed by atoms with Crippen molar-refractivity contribution >= 4 is 101 Å². The van der Waals surface area contributed by atoms with Crippen LogP contribution < -0.4 is 0 Å². The van der Waals surface area contributed by atoms with E-state index in [4.69, 9.17) is 0 Å². The van der Waals surface area contributed by atoms with Crippen LogP contribution in [0.1, 0.15) is 0 Å². The van der Waals surface area contributed by atoms with E-state index in [9.17, 15) is 0 Å². The van der Waals surface area contributed by atoms with E-state index in [1.165, 1.54) is 21.5 Å². The minimum Gasteiger partial charge on any atom is -0.0496 e. The normalized spacial score (nSPS) is 11.4. The lowest BCUT2D eigenvalue weighted by molar-refractivity contribution is 1.62. The maximum Gasteiger partial charge on any atom is 0.0332 e. The molecule has 0 aromatic heterocycles. The molecule has 0 radical (unpaired) electrons. The van der Waals surface area contributed by atoms with Crippen molar-refractivity contribution in [1.29, 1.82) is 0 Å². The fourth-order valence-corrected chi connectivity index (χ4v) is 4.15. The van der Waals surface area contributed by atoms with Gasteiger partial charge in [0.25, 0.3) is 0 Å². The summed E-state index contributed by atoms with van der Waals surface area (Å²) in [4.78, 5) is 0. The zero-order valence-corrected chi connectivity index (χ0v) is 17.2. The Hall–Kier alpha value is 0.580. The van der Waals surface area contributed by atoms with E-state index in [0.717, 1.165) is 22.4 Å². The summed E-state index contributed by atoms with van der Waals surface area (Å²) in [7, 11) is 0. The molecule has 96 valence electrons. The highest BCUT2D eigenvalue weighted by molar-refractivity contribution is 9.13. The first-order chi connectivity index (χ1) is 8.97. The van der Waals surface area contributed by atoms with Crippen LogP contribution in [-0.2, 0) is 0 Å². The maximum atomic E-state index is 3.73. The predicted molar refractivity (Wildman–Crippen MR) is 100.0 cm³/mol. The molecule has 0 aliphatic heterocycles. The molecule has 0 spiro atoms. The summed E-state index contributed by atoms with van der Waals surface area (Å²) in [5.74, 6) is 0. The fraction of sp³-hybridized carbons (Fsp3) is 0. The highest BCUT2D eigenvalue weighted by Crippen LogP contribution is 2.39. The molecular formula is C14H5Br5. The van der Waals surface area contributed by atoms with Gasteiger partial charge in [0, 0.05) is 22.4 Å². The fourth-order valence-electron chi connectivity index (χ4n) is 2.06. The van der Waals surface area contributed by atoms with Crippen molar-refractivity contribution in [1.82, 2.24) is 0 Å². The molecule has 0 heterocycles. The van der Waals surface area contributed by atoms with Crippen molar-refractivity contribution in [3.05, 3.63) is 52.7 Å². The number of benzene rings is 3. The lowest BCUT2D eigenvalue weighted by Gasteiger charge is -2.09. The minimum absolute atomic E-state index is 1.05. The van der Waals surface area contributed by atoms with Gasteiger partial charge in [0.1, 0.15) is 0 Å². The maximum absolute atomic E-state index is 3.73. The van der Waals surface area contributed by atoms with Crippen molar-refractivity contribution in [3.63, 3.8) is 0 Å². The van der Waals surface area contributed by atoms with Crippen molar-refractivity contribution in [2.24, 2.45) is 0 Å². The Morgan fingerprint density at radius 2 is 0.842 bits per heavy atom. The molecule has 0 nitrogen and oxygen atoms in total. The molecule has 0 atom stereocenters. The molecule has 3 aromatic carbocycles. The lowest BCUT2D eigenvalue weighted by Crippen LogP contribution is -1.82. The van der Waals surface area contributed by atoms with Gasteiger partial charge >= 0.3 is 0 Å². The average Bonchev–Trinajstić information content (AvgIpc) is 2.35. The smallest absolute Gasteiger partial charge is 0.0332 e. The van der Waals surface area contributed by atoms with Crippen LogP contribution in [0.25, 0.3) is 21.5 Å². The number of halogens is 5. The van der Waals surface area contributed by atoms with Gasteiger partial charge in [-0.25, -0.2) is 0 Å². The van der Waals surface area contributed by atoms with Gasteiger partial charge in [0.05, 0.1) is 0 Å². The molecule has 5 heteroatoms. The van der Waals surface area contributed by atoms with Crippen LogP contribution in [0, 0.1) is 0 Å². The number of rotatable bonds is 0. The van der Waals surface area contributed by atoms with Crippen LogP contribution in [0.5, 0.6) is 0 Å². The highest BCUT2D eigenvalue weighted by atomic mass is 79.9. The predicted octanol–water partition coefficient (Wildman–Crippen LogP) is 7.81. The molecule has 19 heavy (non-hydrogen) atoms. The van der Waals surface area contributed by atoms with Crippen LogP contribution >= 0.6 is 79.6 Å². The van der Waals surface area contributed by atoms with Crippen molar-refractivity contribution in [3.8, 4) is 0 Å². The highest BCUT2D eigenvalue weighted by Gasteiger charge is 2.10. The van der Waals surface area contributed by atoms with Gasteiger partial charge in [0.15, 0.2) is 0 Å². The lowest BCUT2D eigenvalue weighted by atomic mass is 10.0. The van der Waals surface area contributed by atoms with Gasteiger partial charge in [-0.1, -0.05) is 0 Å². The molecule has 0 unspecified atom stereocenters. The van der Waals surface area contributed by atoms with Gasteiger partial charge in [-0.3, -0.25) is 0 Å². The molecule has 0 aliphatic rings. The van der Waals surface area contributed by atoms with Gasteiger partial charge in [-0.2, -0.15) is 0 Å². The third-order valence-corrected chi connectivity index (χ3v) is 7.51. The molecule has 0 bridgehead atoms. The Bertz CT molecular complexity index is 757. The minimum atomic E-state index is 1.05. The van der Waals surface area contributed by atoms with Crippen molar-refractivity contribution in [2.45, 2.75) is 0 Å². The van der Waals surface area contributed by atoms with Crippen LogP contribution in [0.2, 0.25) is 0 Å². The summed E-state index contributed by atoms with van der Waals surface area (Å²) in [6.45, 7) is 0. The quantitative estimate of drug-likeness (QED) is 0.241. The Morgan fingerprint density at radius 1 is 0.474 bits per heavy atom. The summed E-state index contributed by atoms with van der Waals surface area (Å²) >= 11 is 17.9. The number of fused-ring (bicyclic) bond motifs is 2. The third-order valence-electron chi connectivity index (χ3n) is 2.97. The summed E-state index contributed by atoms with van der Waals surface area (Å²) in [5, 5.41) is 4.78. The van der Waals surface area contributed by atoms with Crippen LogP contribution in [0.15, 0.2) is 52.7 Å². The van der Waals surface area contributed by atoms with Gasteiger partial charge in [0.2, 0.25) is 0 Å². The third kappa shape index (κ3) is 2.57. The van der Waals surface area contributed by atoms with Crippen LogP contribution in [0.4, 0.5) is 0 Å². The molecule has 0 amide bonds. The van der Waals surface area contributed by atoms with E-state index in [0.29, 0.717) is 0 Å². The standard InChI is InChI=1S/C14H5Br5/c15-10-2-6-1-7-3-11(16)13(18)5-9(7)14(19)8(6)4-12(10)17/h1-5H. The molecule has 0 N–H and O–H groups in total. The zero-order chi connectivity index (χ0) is 13.7. The van der Waals surface area contributed by atoms with Gasteiger partial charge in [-0.05, 0) is 132 Å². The number of hydrogen-bond acceptors (Lipinski definition) is 0.